The summed E-state index contributed by atoms with van der Waals surface area (Å²) in [6.45, 7) is 4.37. The van der Waals surface area contributed by atoms with Gasteiger partial charge in [-0.25, -0.2) is 0 Å². The van der Waals surface area contributed by atoms with Crippen molar-refractivity contribution in [3.63, 3.8) is 0 Å². The minimum absolute atomic E-state index is 0.0802. The average molecular weight is 242 g/mol. The van der Waals surface area contributed by atoms with Crippen molar-refractivity contribution in [2.45, 2.75) is 26.2 Å². The maximum Gasteiger partial charge on any atom is 0.317 e. The van der Waals surface area contributed by atoms with Crippen molar-refractivity contribution >= 4 is 11.9 Å². The number of amides is 1. The Balaban J connectivity index is 2.35. The summed E-state index contributed by atoms with van der Waals surface area (Å²) >= 11 is 0. The van der Waals surface area contributed by atoms with E-state index in [9.17, 15) is 9.59 Å². The van der Waals surface area contributed by atoms with Crippen molar-refractivity contribution in [2.24, 2.45) is 5.92 Å². The Bertz CT molecular complexity index is 273. The van der Waals surface area contributed by atoms with Crippen LogP contribution in [0, 0.1) is 5.92 Å². The quantitative estimate of drug-likeness (QED) is 0.769. The molecular formula is C12H22N2O3. The van der Waals surface area contributed by atoms with Crippen molar-refractivity contribution in [3.8, 4) is 0 Å². The van der Waals surface area contributed by atoms with Gasteiger partial charge < -0.3 is 10.0 Å². The van der Waals surface area contributed by atoms with Crippen LogP contribution in [0.4, 0.5) is 0 Å². The van der Waals surface area contributed by atoms with Gasteiger partial charge in [0.2, 0.25) is 5.91 Å². The highest BCUT2D eigenvalue weighted by atomic mass is 16.4. The zero-order valence-corrected chi connectivity index (χ0v) is 10.7. The first kappa shape index (κ1) is 14.0. The van der Waals surface area contributed by atoms with Gasteiger partial charge in [-0.15, -0.1) is 0 Å². The van der Waals surface area contributed by atoms with Crippen LogP contribution in [0.3, 0.4) is 0 Å². The van der Waals surface area contributed by atoms with E-state index in [1.165, 1.54) is 0 Å². The van der Waals surface area contributed by atoms with Gasteiger partial charge >= 0.3 is 5.97 Å². The molecule has 1 saturated heterocycles. The predicted molar refractivity (Wildman–Crippen MR) is 64.7 cm³/mol. The molecule has 17 heavy (non-hydrogen) atoms. The second kappa shape index (κ2) is 6.59. The number of hydrogen-bond donors (Lipinski definition) is 1. The highest BCUT2D eigenvalue weighted by Crippen LogP contribution is 2.19. The van der Waals surface area contributed by atoms with Crippen LogP contribution in [0.5, 0.6) is 0 Å². The second-order valence-corrected chi connectivity index (χ2v) is 4.70. The fourth-order valence-electron chi connectivity index (χ4n) is 2.29. The number of carbonyl (C=O) groups excluding carboxylic acids is 1. The first-order valence-electron chi connectivity index (χ1n) is 6.23. The van der Waals surface area contributed by atoms with Gasteiger partial charge in [0.25, 0.3) is 0 Å². The van der Waals surface area contributed by atoms with E-state index in [1.54, 1.807) is 4.90 Å². The molecule has 1 fully saturated rings. The first-order chi connectivity index (χ1) is 8.04. The Morgan fingerprint density at radius 1 is 1.35 bits per heavy atom. The third-order valence-corrected chi connectivity index (χ3v) is 3.23. The smallest absolute Gasteiger partial charge is 0.317 e. The number of hydrogen-bond acceptors (Lipinski definition) is 3. The van der Waals surface area contributed by atoms with Gasteiger partial charge in [-0.05, 0) is 32.4 Å². The van der Waals surface area contributed by atoms with E-state index in [0.717, 1.165) is 25.8 Å². The molecule has 0 aromatic heterocycles. The molecule has 1 amide bonds. The summed E-state index contributed by atoms with van der Waals surface area (Å²) < 4.78 is 0. The number of rotatable bonds is 5. The van der Waals surface area contributed by atoms with Crippen molar-refractivity contribution < 1.29 is 14.7 Å². The Hall–Kier alpha value is -1.10. The lowest BCUT2D eigenvalue weighted by atomic mass is 9.95. The summed E-state index contributed by atoms with van der Waals surface area (Å²) in [5.74, 6) is -0.503. The Kier molecular flexibility index (Phi) is 5.41. The molecule has 1 rings (SSSR count). The maximum atomic E-state index is 12.0. The normalized spacial score (nSPS) is 18.0. The summed E-state index contributed by atoms with van der Waals surface area (Å²) in [5, 5.41) is 8.68. The van der Waals surface area contributed by atoms with Crippen LogP contribution in [-0.2, 0) is 9.59 Å². The lowest BCUT2D eigenvalue weighted by Crippen LogP contribution is -2.42. The summed E-state index contributed by atoms with van der Waals surface area (Å²) in [6, 6.07) is 0. The van der Waals surface area contributed by atoms with Crippen LogP contribution >= 0.6 is 0 Å². The molecule has 1 aliphatic rings. The minimum Gasteiger partial charge on any atom is -0.480 e. The summed E-state index contributed by atoms with van der Waals surface area (Å²) in [5.41, 5.74) is 0. The topological polar surface area (TPSA) is 60.9 Å². The van der Waals surface area contributed by atoms with Crippen molar-refractivity contribution in [1.29, 1.82) is 0 Å². The third kappa shape index (κ3) is 4.34. The summed E-state index contributed by atoms with van der Waals surface area (Å²) in [6.07, 6.45) is 2.53. The number of carbonyl (C=O) groups is 2. The maximum absolute atomic E-state index is 12.0. The molecule has 0 aliphatic carbocycles. The second-order valence-electron chi connectivity index (χ2n) is 4.70. The summed E-state index contributed by atoms with van der Waals surface area (Å²) in [4.78, 5) is 26.3. The van der Waals surface area contributed by atoms with Gasteiger partial charge in [0, 0.05) is 19.5 Å². The lowest BCUT2D eigenvalue weighted by Gasteiger charge is -2.32. The molecule has 0 radical (unpaired) electrons. The van der Waals surface area contributed by atoms with E-state index in [2.05, 4.69) is 6.92 Å². The average Bonchev–Trinajstić information content (AvgIpc) is 2.28. The monoisotopic (exact) mass is 242 g/mol. The molecule has 0 spiro atoms. The van der Waals surface area contributed by atoms with Gasteiger partial charge in [-0.1, -0.05) is 6.92 Å². The minimum atomic E-state index is -0.794. The molecule has 0 aromatic rings. The summed E-state index contributed by atoms with van der Waals surface area (Å²) in [7, 11) is 1.84. The van der Waals surface area contributed by atoms with E-state index < -0.39 is 5.97 Å². The highest BCUT2D eigenvalue weighted by molar-refractivity contribution is 5.78. The van der Waals surface area contributed by atoms with Gasteiger partial charge in [0.1, 0.15) is 0 Å². The van der Waals surface area contributed by atoms with E-state index in [-0.39, 0.29) is 18.4 Å². The number of likely N-dealkylation sites (tertiary alicyclic amines) is 1. The van der Waals surface area contributed by atoms with Crippen LogP contribution in [-0.4, -0.2) is 60.0 Å². The van der Waals surface area contributed by atoms with Crippen LogP contribution in [0.25, 0.3) is 0 Å². The Morgan fingerprint density at radius 2 is 1.94 bits per heavy atom. The number of nitrogens with zero attached hydrogens (tertiary/aromatic N) is 2. The van der Waals surface area contributed by atoms with E-state index in [1.807, 2.05) is 11.9 Å². The number of carboxylic acid groups (broad SMARTS) is 1. The Labute approximate surface area is 102 Å². The van der Waals surface area contributed by atoms with Crippen LogP contribution < -0.4 is 0 Å². The zero-order valence-electron chi connectivity index (χ0n) is 10.7. The number of aliphatic carboxylic acids is 1. The van der Waals surface area contributed by atoms with Gasteiger partial charge in [-0.3, -0.25) is 14.5 Å². The third-order valence-electron chi connectivity index (χ3n) is 3.23. The molecule has 0 saturated carbocycles. The zero-order chi connectivity index (χ0) is 12.8. The highest BCUT2D eigenvalue weighted by Gasteiger charge is 2.27. The lowest BCUT2D eigenvalue weighted by molar-refractivity contribution is -0.139. The molecule has 1 N–H and O–H groups in total. The first-order valence-corrected chi connectivity index (χ1v) is 6.23. The molecule has 0 atom stereocenters. The van der Waals surface area contributed by atoms with E-state index in [4.69, 9.17) is 5.11 Å². The fourth-order valence-corrected chi connectivity index (χ4v) is 2.29. The standard InChI is InChI=1S/C12H22N2O3/c1-3-6-13(2)12(17)10-4-7-14(8-5-10)9-11(15)16/h10H,3-9H2,1-2H3,(H,15,16). The van der Waals surface area contributed by atoms with Crippen LogP contribution in [0.1, 0.15) is 26.2 Å². The SMILES string of the molecule is CCCN(C)C(=O)C1CCN(CC(=O)O)CC1. The Morgan fingerprint density at radius 3 is 2.41 bits per heavy atom. The molecule has 0 unspecified atom stereocenters. The van der Waals surface area contributed by atoms with Crippen LogP contribution in [0.2, 0.25) is 0 Å². The van der Waals surface area contributed by atoms with Crippen molar-refractivity contribution in [2.75, 3.05) is 33.2 Å². The molecule has 98 valence electrons. The fraction of sp³-hybridized carbons (Fsp3) is 0.833. The molecular weight excluding hydrogens is 220 g/mol. The molecule has 0 bridgehead atoms. The largest absolute Gasteiger partial charge is 0.480 e. The molecule has 5 nitrogen and oxygen atoms in total. The number of carboxylic acids is 1. The molecule has 0 aromatic carbocycles. The van der Waals surface area contributed by atoms with Crippen molar-refractivity contribution in [3.05, 3.63) is 0 Å². The van der Waals surface area contributed by atoms with E-state index >= 15 is 0 Å². The molecule has 1 aliphatic heterocycles. The molecule has 5 heteroatoms. The van der Waals surface area contributed by atoms with Gasteiger partial charge in [0.15, 0.2) is 0 Å². The van der Waals surface area contributed by atoms with Crippen LogP contribution in [0.15, 0.2) is 0 Å². The van der Waals surface area contributed by atoms with Gasteiger partial charge in [0.05, 0.1) is 6.54 Å². The van der Waals surface area contributed by atoms with Gasteiger partial charge in [-0.2, -0.15) is 0 Å². The van der Waals surface area contributed by atoms with Crippen molar-refractivity contribution in [1.82, 2.24) is 9.80 Å². The molecule has 1 heterocycles. The van der Waals surface area contributed by atoms with E-state index in [0.29, 0.717) is 13.1 Å². The predicted octanol–water partition coefficient (Wildman–Crippen LogP) is 0.651. The number of piperidine rings is 1.